The van der Waals surface area contributed by atoms with Crippen molar-refractivity contribution in [3.63, 3.8) is 0 Å². The first-order valence-corrected chi connectivity index (χ1v) is 19.4. The molecule has 5 unspecified atom stereocenters. The van der Waals surface area contributed by atoms with Gasteiger partial charge in [-0.15, -0.1) is 0 Å². The van der Waals surface area contributed by atoms with Crippen LogP contribution in [0, 0.1) is 30.6 Å². The van der Waals surface area contributed by atoms with Crippen molar-refractivity contribution in [3.05, 3.63) is 64.7 Å². The van der Waals surface area contributed by atoms with Crippen LogP contribution in [0.1, 0.15) is 108 Å². The fourth-order valence-corrected chi connectivity index (χ4v) is 7.51. The molecule has 0 bridgehead atoms. The standard InChI is InChI=1S/C39H56N2O4S.C2H6/c1-7-9-29-18-27(4)12-16-34(29)32-22-41(21-30-13-17-35(30)37(43-6)11-8-10-28(5)26(2)3)36-20-39(46-40-25-42)31(19-38(36)45-24-32)23-44-33-14-15-33;1-2/h8,11-12,16,18-20,25-26,28,30,32-33,35,37H,7,9-10,13-15,17,21-24H2,1-6H3,(H,40,42);1-2H3/b11-8+;. The average molecular weight is 679 g/mol. The van der Waals surface area contributed by atoms with E-state index in [0.29, 0.717) is 43.0 Å². The highest BCUT2D eigenvalue weighted by Gasteiger charge is 2.39. The largest absolute Gasteiger partial charge is 0.491 e. The first-order valence-electron chi connectivity index (χ1n) is 18.6. The third kappa shape index (κ3) is 10.3. The molecule has 5 atom stereocenters. The van der Waals surface area contributed by atoms with Crippen molar-refractivity contribution < 1.29 is 19.0 Å². The molecule has 6 nitrogen and oxygen atoms in total. The average Bonchev–Trinajstić information content (AvgIpc) is 3.92. The van der Waals surface area contributed by atoms with E-state index < -0.39 is 0 Å². The molecule has 2 fully saturated rings. The minimum atomic E-state index is 0.134. The molecule has 7 heteroatoms. The van der Waals surface area contributed by atoms with Crippen LogP contribution in [0.4, 0.5) is 5.69 Å². The third-order valence-corrected chi connectivity index (χ3v) is 11.2. The Labute approximate surface area is 295 Å². The Hall–Kier alpha value is -2.48. The van der Waals surface area contributed by atoms with Crippen LogP contribution in [0.5, 0.6) is 5.75 Å². The van der Waals surface area contributed by atoms with Crippen molar-refractivity contribution in [1.29, 1.82) is 0 Å². The van der Waals surface area contributed by atoms with Crippen molar-refractivity contribution in [2.45, 2.75) is 123 Å². The zero-order valence-electron chi connectivity index (χ0n) is 30.9. The summed E-state index contributed by atoms with van der Waals surface area (Å²) >= 11 is 1.36. The smallest absolute Gasteiger partial charge is 0.217 e. The lowest BCUT2D eigenvalue weighted by Gasteiger charge is -2.43. The van der Waals surface area contributed by atoms with E-state index in [4.69, 9.17) is 14.2 Å². The molecule has 2 saturated carbocycles. The number of nitrogens with one attached hydrogen (secondary N) is 1. The Kier molecular flexibility index (Phi) is 15.2. The van der Waals surface area contributed by atoms with Gasteiger partial charge in [0.05, 0.1) is 31.1 Å². The summed E-state index contributed by atoms with van der Waals surface area (Å²) in [4.78, 5) is 14.9. The number of aryl methyl sites for hydroxylation is 2. The first kappa shape index (κ1) is 38.3. The van der Waals surface area contributed by atoms with Gasteiger partial charge < -0.3 is 19.1 Å². The van der Waals surface area contributed by atoms with Gasteiger partial charge in [0.2, 0.25) is 6.41 Å². The minimum Gasteiger partial charge on any atom is -0.491 e. The third-order valence-electron chi connectivity index (χ3n) is 10.4. The number of benzene rings is 2. The Bertz CT molecular complexity index is 1330. The lowest BCUT2D eigenvalue weighted by molar-refractivity contribution is -0.107. The van der Waals surface area contributed by atoms with Crippen molar-refractivity contribution in [2.75, 3.05) is 31.7 Å². The van der Waals surface area contributed by atoms with Crippen LogP contribution in [0.3, 0.4) is 0 Å². The van der Waals surface area contributed by atoms with Crippen LogP contribution in [0.2, 0.25) is 0 Å². The summed E-state index contributed by atoms with van der Waals surface area (Å²) < 4.78 is 21.8. The molecular weight excluding hydrogens is 617 g/mol. The Morgan fingerprint density at radius 2 is 1.88 bits per heavy atom. The number of fused-ring (bicyclic) bond motifs is 1. The normalized spacial score (nSPS) is 21.8. The number of allylic oxidation sites excluding steroid dienone is 1. The molecule has 48 heavy (non-hydrogen) atoms. The number of hydrogen-bond donors (Lipinski definition) is 1. The van der Waals surface area contributed by atoms with E-state index >= 15 is 0 Å². The van der Waals surface area contributed by atoms with E-state index in [2.05, 4.69) is 86.7 Å². The number of methoxy groups -OCH3 is 1. The maximum Gasteiger partial charge on any atom is 0.217 e. The van der Waals surface area contributed by atoms with Crippen LogP contribution < -0.4 is 14.4 Å². The lowest BCUT2D eigenvalue weighted by atomic mass is 9.70. The molecule has 5 rings (SSSR count). The highest BCUT2D eigenvalue weighted by atomic mass is 32.2. The topological polar surface area (TPSA) is 60.0 Å². The van der Waals surface area contributed by atoms with Gasteiger partial charge in [0.1, 0.15) is 5.75 Å². The lowest BCUT2D eigenvalue weighted by Crippen LogP contribution is -2.44. The van der Waals surface area contributed by atoms with E-state index in [-0.39, 0.29) is 12.0 Å². The van der Waals surface area contributed by atoms with E-state index in [0.717, 1.165) is 73.5 Å². The molecule has 2 aromatic rings. The van der Waals surface area contributed by atoms with Gasteiger partial charge in [0, 0.05) is 31.0 Å². The molecule has 0 aromatic heterocycles. The summed E-state index contributed by atoms with van der Waals surface area (Å²) in [7, 11) is 1.86. The molecule has 0 spiro atoms. The maximum absolute atomic E-state index is 11.3. The number of ether oxygens (including phenoxy) is 3. The van der Waals surface area contributed by atoms with Crippen molar-refractivity contribution in [2.24, 2.45) is 23.7 Å². The number of carbonyl (C=O) groups excluding carboxylic acids is 1. The SMILES string of the molecule is CC.CCCc1cc(C)ccc1C1COc2cc(COC3CC3)c(SNC=O)cc2N(CC2CCC2C(/C=C/CC(C)C(C)C)OC)C1. The molecule has 0 saturated heterocycles. The molecule has 1 aliphatic heterocycles. The number of carbonyl (C=O) groups is 1. The first-order chi connectivity index (χ1) is 23.3. The number of rotatable bonds is 17. The molecule has 0 radical (unpaired) electrons. The van der Waals surface area contributed by atoms with Gasteiger partial charge in [-0.05, 0) is 110 Å². The van der Waals surface area contributed by atoms with Gasteiger partial charge in [0.15, 0.2) is 0 Å². The van der Waals surface area contributed by atoms with Crippen LogP contribution in [-0.2, 0) is 27.3 Å². The number of hydrogen-bond acceptors (Lipinski definition) is 6. The second-order valence-electron chi connectivity index (χ2n) is 14.2. The minimum absolute atomic E-state index is 0.134. The van der Waals surface area contributed by atoms with E-state index in [1.165, 1.54) is 41.5 Å². The molecular formula is C41H62N2O4S. The Morgan fingerprint density at radius 1 is 1.08 bits per heavy atom. The van der Waals surface area contributed by atoms with Gasteiger partial charge >= 0.3 is 0 Å². The van der Waals surface area contributed by atoms with E-state index in [1.54, 1.807) is 0 Å². The summed E-state index contributed by atoms with van der Waals surface area (Å²) in [6.07, 6.45) is 13.8. The van der Waals surface area contributed by atoms with Crippen LogP contribution in [-0.4, -0.2) is 45.4 Å². The highest BCUT2D eigenvalue weighted by Crippen LogP contribution is 2.44. The molecule has 1 heterocycles. The van der Waals surface area contributed by atoms with Crippen molar-refractivity contribution in [1.82, 2.24) is 4.72 Å². The van der Waals surface area contributed by atoms with Gasteiger partial charge in [-0.2, -0.15) is 0 Å². The van der Waals surface area contributed by atoms with Crippen LogP contribution in [0.25, 0.3) is 0 Å². The second-order valence-corrected chi connectivity index (χ2v) is 15.1. The summed E-state index contributed by atoms with van der Waals surface area (Å²) in [6.45, 7) is 18.4. The van der Waals surface area contributed by atoms with Crippen molar-refractivity contribution in [3.8, 4) is 5.75 Å². The van der Waals surface area contributed by atoms with Crippen molar-refractivity contribution >= 4 is 24.0 Å². The molecule has 1 N–H and O–H groups in total. The van der Waals surface area contributed by atoms with Gasteiger partial charge in [-0.3, -0.25) is 9.52 Å². The van der Waals surface area contributed by atoms with Gasteiger partial charge in [-0.25, -0.2) is 0 Å². The molecule has 2 aliphatic carbocycles. The molecule has 3 aliphatic rings. The zero-order valence-corrected chi connectivity index (χ0v) is 31.7. The summed E-state index contributed by atoms with van der Waals surface area (Å²) in [5.74, 6) is 3.53. The monoisotopic (exact) mass is 678 g/mol. The second kappa shape index (κ2) is 19.1. The number of anilines is 1. The molecule has 1 amide bonds. The zero-order chi connectivity index (χ0) is 34.6. The summed E-state index contributed by atoms with van der Waals surface area (Å²) in [5.41, 5.74) is 6.32. The fraction of sp³-hybridized carbons (Fsp3) is 0.634. The predicted octanol–water partition coefficient (Wildman–Crippen LogP) is 9.67. The Balaban J connectivity index is 0.00000255. The number of nitrogens with zero attached hydrogens (tertiary/aromatic N) is 1. The fourth-order valence-electron chi connectivity index (χ4n) is 6.91. The molecule has 2 aromatic carbocycles. The number of amides is 1. The summed E-state index contributed by atoms with van der Waals surface area (Å²) in [6, 6.07) is 11.3. The molecule has 266 valence electrons. The van der Waals surface area contributed by atoms with Crippen LogP contribution in [0.15, 0.2) is 47.4 Å². The highest BCUT2D eigenvalue weighted by molar-refractivity contribution is 7.98. The quantitative estimate of drug-likeness (QED) is 0.102. The van der Waals surface area contributed by atoms with E-state index in [9.17, 15) is 4.79 Å². The van der Waals surface area contributed by atoms with Crippen LogP contribution >= 0.6 is 11.9 Å². The summed E-state index contributed by atoms with van der Waals surface area (Å²) in [5, 5.41) is 0. The van der Waals surface area contributed by atoms with Gasteiger partial charge in [0.25, 0.3) is 0 Å². The van der Waals surface area contributed by atoms with E-state index in [1.807, 2.05) is 21.0 Å². The Morgan fingerprint density at radius 3 is 2.52 bits per heavy atom. The van der Waals surface area contributed by atoms with Gasteiger partial charge in [-0.1, -0.05) is 83.9 Å². The maximum atomic E-state index is 11.3. The predicted molar refractivity (Wildman–Crippen MR) is 201 cm³/mol.